The van der Waals surface area contributed by atoms with Crippen molar-refractivity contribution in [2.24, 2.45) is 0 Å². The van der Waals surface area contributed by atoms with Gasteiger partial charge in [0.05, 0.1) is 0 Å². The second kappa shape index (κ2) is 6.20. The minimum atomic E-state index is -4.29. The quantitative estimate of drug-likeness (QED) is 0.616. The van der Waals surface area contributed by atoms with E-state index in [1.165, 1.54) is 12.1 Å². The van der Waals surface area contributed by atoms with Crippen LogP contribution in [0.5, 0.6) is 5.75 Å². The Morgan fingerprint density at radius 3 is 2.39 bits per heavy atom. The maximum atomic E-state index is 11.4. The second-order valence-electron chi connectivity index (χ2n) is 4.49. The molecule has 1 rings (SSSR count). The first kappa shape index (κ1) is 15.0. The highest BCUT2D eigenvalue weighted by molar-refractivity contribution is 7.86. The van der Waals surface area contributed by atoms with E-state index in [2.05, 4.69) is 6.92 Å². The van der Waals surface area contributed by atoms with Gasteiger partial charge < -0.3 is 5.11 Å². The van der Waals surface area contributed by atoms with Crippen molar-refractivity contribution in [2.75, 3.05) is 0 Å². The Kier molecular flexibility index (Phi) is 5.16. The lowest BCUT2D eigenvalue weighted by atomic mass is 10.0. The van der Waals surface area contributed by atoms with Crippen LogP contribution in [0.1, 0.15) is 43.7 Å². The molecule has 102 valence electrons. The SMILES string of the molecule is CCCCCCc1c(O)ccc(C)c1S(=O)(=O)O. The van der Waals surface area contributed by atoms with E-state index in [1.807, 2.05) is 0 Å². The van der Waals surface area contributed by atoms with Crippen molar-refractivity contribution in [3.05, 3.63) is 23.3 Å². The second-order valence-corrected chi connectivity index (χ2v) is 5.85. The predicted molar refractivity (Wildman–Crippen MR) is 70.5 cm³/mol. The Morgan fingerprint density at radius 2 is 1.83 bits per heavy atom. The first-order valence-corrected chi connectivity index (χ1v) is 7.61. The lowest BCUT2D eigenvalue weighted by molar-refractivity contribution is 0.455. The van der Waals surface area contributed by atoms with Crippen LogP contribution in [0, 0.1) is 6.92 Å². The van der Waals surface area contributed by atoms with E-state index in [9.17, 15) is 18.1 Å². The largest absolute Gasteiger partial charge is 0.508 e. The zero-order chi connectivity index (χ0) is 13.8. The van der Waals surface area contributed by atoms with Crippen LogP contribution in [0.15, 0.2) is 17.0 Å². The molecule has 0 aliphatic rings. The fraction of sp³-hybridized carbons (Fsp3) is 0.538. The van der Waals surface area contributed by atoms with Crippen LogP contribution in [0.2, 0.25) is 0 Å². The van der Waals surface area contributed by atoms with Crippen LogP contribution in [0.4, 0.5) is 0 Å². The van der Waals surface area contributed by atoms with Gasteiger partial charge in [0.1, 0.15) is 10.6 Å². The van der Waals surface area contributed by atoms with E-state index in [0.29, 0.717) is 17.5 Å². The molecule has 0 aliphatic heterocycles. The van der Waals surface area contributed by atoms with E-state index in [-0.39, 0.29) is 10.6 Å². The number of unbranched alkanes of at least 4 members (excludes halogenated alkanes) is 3. The molecule has 0 atom stereocenters. The fourth-order valence-corrected chi connectivity index (χ4v) is 3.06. The lowest BCUT2D eigenvalue weighted by Crippen LogP contribution is -2.06. The molecule has 1 aromatic carbocycles. The van der Waals surface area contributed by atoms with Gasteiger partial charge in [-0.3, -0.25) is 4.55 Å². The fourth-order valence-electron chi connectivity index (χ4n) is 2.06. The molecule has 5 heteroatoms. The van der Waals surface area contributed by atoms with Crippen LogP contribution < -0.4 is 0 Å². The standard InChI is InChI=1S/C13H20O4S/c1-3-4-5-6-7-11-12(14)9-8-10(2)13(11)18(15,16)17/h8-9,14H,3-7H2,1-2H3,(H,15,16,17). The van der Waals surface area contributed by atoms with Gasteiger partial charge in [-0.2, -0.15) is 8.42 Å². The number of rotatable bonds is 6. The third-order valence-corrected chi connectivity index (χ3v) is 4.06. The zero-order valence-electron chi connectivity index (χ0n) is 10.8. The van der Waals surface area contributed by atoms with Crippen LogP contribution in [0.3, 0.4) is 0 Å². The highest BCUT2D eigenvalue weighted by atomic mass is 32.2. The van der Waals surface area contributed by atoms with Gasteiger partial charge in [-0.05, 0) is 31.4 Å². The number of benzene rings is 1. The molecule has 0 spiro atoms. The summed E-state index contributed by atoms with van der Waals surface area (Å²) in [6, 6.07) is 2.97. The average molecular weight is 272 g/mol. The summed E-state index contributed by atoms with van der Waals surface area (Å²) in [6.45, 7) is 3.70. The Bertz CT molecular complexity index is 506. The van der Waals surface area contributed by atoms with Gasteiger partial charge in [-0.1, -0.05) is 32.3 Å². The molecule has 0 radical (unpaired) electrons. The molecule has 0 aliphatic carbocycles. The van der Waals surface area contributed by atoms with Crippen molar-refractivity contribution in [3.8, 4) is 5.75 Å². The normalized spacial score (nSPS) is 11.7. The van der Waals surface area contributed by atoms with E-state index < -0.39 is 10.1 Å². The molecule has 4 nitrogen and oxygen atoms in total. The zero-order valence-corrected chi connectivity index (χ0v) is 11.6. The van der Waals surface area contributed by atoms with Crippen molar-refractivity contribution >= 4 is 10.1 Å². The molecular weight excluding hydrogens is 252 g/mol. The van der Waals surface area contributed by atoms with Crippen molar-refractivity contribution < 1.29 is 18.1 Å². The first-order valence-electron chi connectivity index (χ1n) is 6.16. The first-order chi connectivity index (χ1) is 8.38. The third kappa shape index (κ3) is 3.71. The van der Waals surface area contributed by atoms with Gasteiger partial charge in [0.25, 0.3) is 10.1 Å². The molecule has 2 N–H and O–H groups in total. The molecule has 0 fully saturated rings. The molecule has 0 heterocycles. The highest BCUT2D eigenvalue weighted by Crippen LogP contribution is 2.29. The Balaban J connectivity index is 3.05. The molecule has 0 unspecified atom stereocenters. The number of phenolic OH excluding ortho intramolecular Hbond substituents is 1. The molecule has 0 saturated carbocycles. The topological polar surface area (TPSA) is 74.6 Å². The van der Waals surface area contributed by atoms with E-state index in [1.54, 1.807) is 6.92 Å². The lowest BCUT2D eigenvalue weighted by Gasteiger charge is -2.12. The summed E-state index contributed by atoms with van der Waals surface area (Å²) in [4.78, 5) is -0.140. The van der Waals surface area contributed by atoms with Gasteiger partial charge in [-0.25, -0.2) is 0 Å². The van der Waals surface area contributed by atoms with Gasteiger partial charge in [0, 0.05) is 5.56 Å². The van der Waals surface area contributed by atoms with Crippen LogP contribution in [-0.4, -0.2) is 18.1 Å². The van der Waals surface area contributed by atoms with Crippen LogP contribution in [0.25, 0.3) is 0 Å². The molecular formula is C13H20O4S. The summed E-state index contributed by atoms with van der Waals surface area (Å²) < 4.78 is 32.0. The Morgan fingerprint density at radius 1 is 1.17 bits per heavy atom. The van der Waals surface area contributed by atoms with Crippen LogP contribution in [-0.2, 0) is 16.5 Å². The maximum absolute atomic E-state index is 11.4. The monoisotopic (exact) mass is 272 g/mol. The molecule has 0 saturated heterocycles. The summed E-state index contributed by atoms with van der Waals surface area (Å²) in [7, 11) is -4.29. The van der Waals surface area contributed by atoms with Gasteiger partial charge >= 0.3 is 0 Å². The number of aryl methyl sites for hydroxylation is 1. The molecule has 0 amide bonds. The van der Waals surface area contributed by atoms with Crippen molar-refractivity contribution in [2.45, 2.75) is 50.8 Å². The minimum Gasteiger partial charge on any atom is -0.508 e. The van der Waals surface area contributed by atoms with Gasteiger partial charge in [0.2, 0.25) is 0 Å². The van der Waals surface area contributed by atoms with E-state index in [0.717, 1.165) is 25.7 Å². The smallest absolute Gasteiger partial charge is 0.295 e. The highest BCUT2D eigenvalue weighted by Gasteiger charge is 2.20. The average Bonchev–Trinajstić information content (AvgIpc) is 2.27. The van der Waals surface area contributed by atoms with Crippen molar-refractivity contribution in [1.29, 1.82) is 0 Å². The van der Waals surface area contributed by atoms with Gasteiger partial charge in [0.15, 0.2) is 0 Å². The number of hydrogen-bond donors (Lipinski definition) is 2. The predicted octanol–water partition coefficient (Wildman–Crippen LogP) is 3.07. The summed E-state index contributed by atoms with van der Waals surface area (Å²) in [5.41, 5.74) is 0.786. The summed E-state index contributed by atoms with van der Waals surface area (Å²) in [6.07, 6.45) is 4.41. The number of phenols is 1. The number of hydrogen-bond acceptors (Lipinski definition) is 3. The molecule has 0 bridgehead atoms. The van der Waals surface area contributed by atoms with Crippen LogP contribution >= 0.6 is 0 Å². The van der Waals surface area contributed by atoms with Gasteiger partial charge in [-0.15, -0.1) is 0 Å². The molecule has 1 aromatic rings. The van der Waals surface area contributed by atoms with E-state index in [4.69, 9.17) is 0 Å². The summed E-state index contributed by atoms with van der Waals surface area (Å²) in [5.74, 6) is -0.0651. The summed E-state index contributed by atoms with van der Waals surface area (Å²) >= 11 is 0. The Hall–Kier alpha value is -1.07. The van der Waals surface area contributed by atoms with Crippen molar-refractivity contribution in [1.82, 2.24) is 0 Å². The number of aromatic hydroxyl groups is 1. The van der Waals surface area contributed by atoms with E-state index >= 15 is 0 Å². The summed E-state index contributed by atoms with van der Waals surface area (Å²) in [5, 5.41) is 9.76. The maximum Gasteiger partial charge on any atom is 0.295 e. The third-order valence-electron chi connectivity index (χ3n) is 2.97. The molecule has 0 aromatic heterocycles. The molecule has 18 heavy (non-hydrogen) atoms. The Labute approximate surface area is 108 Å². The van der Waals surface area contributed by atoms with Crippen molar-refractivity contribution in [3.63, 3.8) is 0 Å². The minimum absolute atomic E-state index is 0.0651.